The molecule has 1 aliphatic rings. The van der Waals surface area contributed by atoms with E-state index in [-0.39, 0.29) is 0 Å². The van der Waals surface area contributed by atoms with Gasteiger partial charge in [0.05, 0.1) is 6.10 Å². The Morgan fingerprint density at radius 3 is 2.30 bits per heavy atom. The average Bonchev–Trinajstić information content (AvgIpc) is 2.05. The second kappa shape index (κ2) is 3.63. The molecule has 1 aliphatic carbocycles. The van der Waals surface area contributed by atoms with E-state index in [2.05, 4.69) is 5.92 Å². The molecule has 56 valence electrons. The highest BCUT2D eigenvalue weighted by Gasteiger charge is 2.18. The van der Waals surface area contributed by atoms with Crippen LogP contribution in [-0.4, -0.2) is 13.2 Å². The van der Waals surface area contributed by atoms with Gasteiger partial charge in [0.1, 0.15) is 0 Å². The maximum Gasteiger partial charge on any atom is 0.0572 e. The van der Waals surface area contributed by atoms with Crippen LogP contribution < -0.4 is 0 Å². The summed E-state index contributed by atoms with van der Waals surface area (Å²) in [4.78, 5) is 0. The molecule has 0 unspecified atom stereocenters. The fourth-order valence-electron chi connectivity index (χ4n) is 1.47. The topological polar surface area (TPSA) is 9.23 Å². The van der Waals surface area contributed by atoms with Gasteiger partial charge >= 0.3 is 0 Å². The van der Waals surface area contributed by atoms with Crippen LogP contribution in [0.3, 0.4) is 0 Å². The summed E-state index contributed by atoms with van der Waals surface area (Å²) >= 11 is 0. The summed E-state index contributed by atoms with van der Waals surface area (Å²) in [6, 6.07) is 0. The molecule has 10 heavy (non-hydrogen) atoms. The third kappa shape index (κ3) is 1.75. The monoisotopic (exact) mass is 138 g/mol. The molecule has 0 saturated heterocycles. The molecule has 0 bridgehead atoms. The molecule has 1 saturated carbocycles. The van der Waals surface area contributed by atoms with E-state index in [1.54, 1.807) is 7.11 Å². The van der Waals surface area contributed by atoms with E-state index in [1.807, 2.05) is 0 Å². The van der Waals surface area contributed by atoms with Crippen LogP contribution in [0, 0.1) is 18.3 Å². The molecule has 0 atom stereocenters. The first-order chi connectivity index (χ1) is 4.86. The molecule has 0 N–H and O–H groups in total. The van der Waals surface area contributed by atoms with Crippen LogP contribution in [0.4, 0.5) is 0 Å². The van der Waals surface area contributed by atoms with Crippen molar-refractivity contribution in [3.8, 4) is 12.3 Å². The Bertz CT molecular complexity index is 126. The van der Waals surface area contributed by atoms with Crippen molar-refractivity contribution >= 4 is 0 Å². The van der Waals surface area contributed by atoms with E-state index < -0.39 is 0 Å². The standard InChI is InChI=1S/C9H14O/c1-3-8-4-6-9(10-2)7-5-8/h1,8-9H,4-7H2,2H3/t8-,9-. The van der Waals surface area contributed by atoms with Crippen LogP contribution in [0.25, 0.3) is 0 Å². The highest BCUT2D eigenvalue weighted by atomic mass is 16.5. The lowest BCUT2D eigenvalue weighted by Gasteiger charge is -2.23. The van der Waals surface area contributed by atoms with E-state index in [4.69, 9.17) is 11.2 Å². The lowest BCUT2D eigenvalue weighted by molar-refractivity contribution is 0.0637. The Kier molecular flexibility index (Phi) is 2.77. The van der Waals surface area contributed by atoms with Gasteiger partial charge < -0.3 is 4.74 Å². The largest absolute Gasteiger partial charge is 0.381 e. The maximum atomic E-state index is 5.30. The lowest BCUT2D eigenvalue weighted by atomic mass is 9.88. The van der Waals surface area contributed by atoms with Crippen LogP contribution in [0.15, 0.2) is 0 Å². The van der Waals surface area contributed by atoms with Crippen LogP contribution in [0.5, 0.6) is 0 Å². The molecule has 1 rings (SSSR count). The fraction of sp³-hybridized carbons (Fsp3) is 0.778. The first-order valence-electron chi connectivity index (χ1n) is 3.85. The Morgan fingerprint density at radius 2 is 1.90 bits per heavy atom. The fourth-order valence-corrected chi connectivity index (χ4v) is 1.47. The molecule has 0 aliphatic heterocycles. The van der Waals surface area contributed by atoms with Gasteiger partial charge in [0.2, 0.25) is 0 Å². The summed E-state index contributed by atoms with van der Waals surface area (Å²) in [7, 11) is 1.78. The number of hydrogen-bond donors (Lipinski definition) is 0. The predicted molar refractivity (Wildman–Crippen MR) is 41.6 cm³/mol. The van der Waals surface area contributed by atoms with Gasteiger partial charge in [-0.3, -0.25) is 0 Å². The minimum atomic E-state index is 0.476. The Morgan fingerprint density at radius 1 is 1.30 bits per heavy atom. The SMILES string of the molecule is C#C[C@H]1CC[C@H](OC)CC1. The Balaban J connectivity index is 2.25. The second-order valence-electron chi connectivity index (χ2n) is 2.88. The lowest BCUT2D eigenvalue weighted by Crippen LogP contribution is -2.19. The smallest absolute Gasteiger partial charge is 0.0572 e. The van der Waals surface area contributed by atoms with E-state index in [9.17, 15) is 0 Å². The number of rotatable bonds is 1. The highest BCUT2D eigenvalue weighted by Crippen LogP contribution is 2.24. The van der Waals surface area contributed by atoms with Gasteiger partial charge in [0.15, 0.2) is 0 Å². The molecule has 0 aromatic carbocycles. The highest BCUT2D eigenvalue weighted by molar-refractivity contribution is 4.95. The Labute approximate surface area is 62.8 Å². The van der Waals surface area contributed by atoms with Crippen LogP contribution in [-0.2, 0) is 4.74 Å². The van der Waals surface area contributed by atoms with Gasteiger partial charge in [-0.2, -0.15) is 0 Å². The summed E-state index contributed by atoms with van der Waals surface area (Å²) in [6.45, 7) is 0. The first kappa shape index (κ1) is 7.63. The predicted octanol–water partition coefficient (Wildman–Crippen LogP) is 1.82. The molecule has 1 nitrogen and oxygen atoms in total. The minimum absolute atomic E-state index is 0.476. The molecule has 1 heteroatoms. The summed E-state index contributed by atoms with van der Waals surface area (Å²) in [5.74, 6) is 3.31. The molecule has 0 aromatic heterocycles. The zero-order chi connectivity index (χ0) is 7.40. The molecular formula is C9H14O. The zero-order valence-corrected chi connectivity index (χ0v) is 6.47. The van der Waals surface area contributed by atoms with Gasteiger partial charge in [0.25, 0.3) is 0 Å². The van der Waals surface area contributed by atoms with Crippen molar-refractivity contribution in [2.75, 3.05) is 7.11 Å². The van der Waals surface area contributed by atoms with E-state index in [1.165, 1.54) is 0 Å². The first-order valence-corrected chi connectivity index (χ1v) is 3.85. The number of ether oxygens (including phenoxy) is 1. The van der Waals surface area contributed by atoms with Gasteiger partial charge in [-0.1, -0.05) is 0 Å². The average molecular weight is 138 g/mol. The van der Waals surface area contributed by atoms with Crippen molar-refractivity contribution in [2.24, 2.45) is 5.92 Å². The summed E-state index contributed by atoms with van der Waals surface area (Å²) in [5, 5.41) is 0. The third-order valence-corrected chi connectivity index (χ3v) is 2.24. The van der Waals surface area contributed by atoms with E-state index in [0.717, 1.165) is 25.7 Å². The van der Waals surface area contributed by atoms with Gasteiger partial charge in [-0.05, 0) is 25.7 Å². The van der Waals surface area contributed by atoms with Gasteiger partial charge in [-0.15, -0.1) is 12.3 Å². The van der Waals surface area contributed by atoms with Crippen LogP contribution in [0.1, 0.15) is 25.7 Å². The van der Waals surface area contributed by atoms with Crippen molar-refractivity contribution in [1.82, 2.24) is 0 Å². The van der Waals surface area contributed by atoms with Crippen LogP contribution >= 0.6 is 0 Å². The van der Waals surface area contributed by atoms with Crippen molar-refractivity contribution in [2.45, 2.75) is 31.8 Å². The summed E-state index contributed by atoms with van der Waals surface area (Å²) in [5.41, 5.74) is 0. The molecular weight excluding hydrogens is 124 g/mol. The van der Waals surface area contributed by atoms with Crippen molar-refractivity contribution in [1.29, 1.82) is 0 Å². The molecule has 0 spiro atoms. The van der Waals surface area contributed by atoms with Crippen molar-refractivity contribution in [3.05, 3.63) is 0 Å². The molecule has 0 amide bonds. The minimum Gasteiger partial charge on any atom is -0.381 e. The maximum absolute atomic E-state index is 5.30. The normalized spacial score (nSPS) is 33.2. The summed E-state index contributed by atoms with van der Waals surface area (Å²) < 4.78 is 5.22. The van der Waals surface area contributed by atoms with E-state index in [0.29, 0.717) is 12.0 Å². The molecule has 0 aromatic rings. The van der Waals surface area contributed by atoms with Crippen LogP contribution in [0.2, 0.25) is 0 Å². The second-order valence-corrected chi connectivity index (χ2v) is 2.88. The number of methoxy groups -OCH3 is 1. The quantitative estimate of drug-likeness (QED) is 0.502. The number of hydrogen-bond acceptors (Lipinski definition) is 1. The van der Waals surface area contributed by atoms with E-state index >= 15 is 0 Å². The molecule has 0 radical (unpaired) electrons. The van der Waals surface area contributed by atoms with Gasteiger partial charge in [0, 0.05) is 13.0 Å². The van der Waals surface area contributed by atoms with Crippen molar-refractivity contribution < 1.29 is 4.74 Å². The third-order valence-electron chi connectivity index (χ3n) is 2.24. The van der Waals surface area contributed by atoms with Gasteiger partial charge in [-0.25, -0.2) is 0 Å². The Hall–Kier alpha value is -0.480. The summed E-state index contributed by atoms with van der Waals surface area (Å²) in [6.07, 6.45) is 10.4. The molecule has 1 fully saturated rings. The number of terminal acetylenes is 1. The molecule has 0 heterocycles. The zero-order valence-electron chi connectivity index (χ0n) is 6.47. The van der Waals surface area contributed by atoms with Crippen molar-refractivity contribution in [3.63, 3.8) is 0 Å².